The zero-order chi connectivity index (χ0) is 32.5. The average Bonchev–Trinajstić information content (AvgIpc) is 3.70. The molecular weight excluding hydrogens is 605 g/mol. The van der Waals surface area contributed by atoms with E-state index >= 15 is 0 Å². The lowest BCUT2D eigenvalue weighted by molar-refractivity contribution is 1.18. The number of benzene rings is 10. The predicted molar refractivity (Wildman–Crippen MR) is 214 cm³/mol. The van der Waals surface area contributed by atoms with E-state index in [9.17, 15) is 0 Å². The molecule has 2 aromatic heterocycles. The molecule has 0 aliphatic carbocycles. The average molecular weight is 633 g/mol. The zero-order valence-electron chi connectivity index (χ0n) is 27.1. The molecule has 2 heteroatoms. The van der Waals surface area contributed by atoms with E-state index in [0.29, 0.717) is 0 Å². The van der Waals surface area contributed by atoms with E-state index in [4.69, 9.17) is 0 Å². The van der Waals surface area contributed by atoms with Gasteiger partial charge in [-0.2, -0.15) is 0 Å². The van der Waals surface area contributed by atoms with Crippen molar-refractivity contribution in [2.75, 3.05) is 0 Å². The van der Waals surface area contributed by atoms with Crippen molar-refractivity contribution in [3.63, 3.8) is 0 Å². The number of aromatic nitrogens is 2. The van der Waals surface area contributed by atoms with Crippen molar-refractivity contribution in [3.05, 3.63) is 170 Å². The Morgan fingerprint density at radius 3 is 1.34 bits per heavy atom. The van der Waals surface area contributed by atoms with Crippen LogP contribution in [-0.2, 0) is 0 Å². The molecule has 12 aromatic rings. The summed E-state index contributed by atoms with van der Waals surface area (Å²) in [6.45, 7) is 0. The summed E-state index contributed by atoms with van der Waals surface area (Å²) in [5.41, 5.74) is 7.28. The SMILES string of the molecule is c1ccc(-n2c3ccccc3c3c4cccc5c6cccc7c6c(cc6c7c7ccccc7n6-c6ccc7ccccc7c6)c(cc32)c54)cc1. The fourth-order valence-electron chi connectivity index (χ4n) is 9.20. The molecule has 2 nitrogen and oxygen atoms in total. The first-order valence-corrected chi connectivity index (χ1v) is 17.4. The summed E-state index contributed by atoms with van der Waals surface area (Å²) < 4.78 is 4.94. The second-order valence-corrected chi connectivity index (χ2v) is 13.7. The highest BCUT2D eigenvalue weighted by Crippen LogP contribution is 2.48. The first-order valence-electron chi connectivity index (χ1n) is 17.4. The lowest BCUT2D eigenvalue weighted by Gasteiger charge is -2.17. The minimum absolute atomic E-state index is 1.18. The minimum Gasteiger partial charge on any atom is -0.309 e. The monoisotopic (exact) mass is 632 g/mol. The van der Waals surface area contributed by atoms with Crippen LogP contribution >= 0.6 is 0 Å². The second kappa shape index (κ2) is 9.49. The molecule has 50 heavy (non-hydrogen) atoms. The van der Waals surface area contributed by atoms with Crippen LogP contribution in [0.25, 0.3) is 109 Å². The van der Waals surface area contributed by atoms with Gasteiger partial charge in [-0.15, -0.1) is 0 Å². The van der Waals surface area contributed by atoms with E-state index in [2.05, 4.69) is 179 Å². The normalized spacial score (nSPS) is 12.4. The van der Waals surface area contributed by atoms with E-state index in [0.717, 1.165) is 0 Å². The van der Waals surface area contributed by atoms with Gasteiger partial charge in [-0.3, -0.25) is 0 Å². The Labute approximate surface area is 286 Å². The van der Waals surface area contributed by atoms with Gasteiger partial charge in [0.25, 0.3) is 0 Å². The molecule has 10 aromatic carbocycles. The first-order chi connectivity index (χ1) is 24.8. The molecule has 0 fully saturated rings. The number of hydrogen-bond donors (Lipinski definition) is 0. The van der Waals surface area contributed by atoms with Crippen molar-refractivity contribution < 1.29 is 0 Å². The number of rotatable bonds is 2. The summed E-state index contributed by atoms with van der Waals surface area (Å²) in [5, 5.41) is 18.2. The van der Waals surface area contributed by atoms with Crippen molar-refractivity contribution in [1.29, 1.82) is 0 Å². The van der Waals surface area contributed by atoms with Crippen LogP contribution in [0.3, 0.4) is 0 Å². The Hall–Kier alpha value is -6.64. The minimum atomic E-state index is 1.18. The quantitative estimate of drug-likeness (QED) is 0.133. The predicted octanol–water partition coefficient (Wildman–Crippen LogP) is 13.1. The molecule has 0 amide bonds. The highest BCUT2D eigenvalue weighted by molar-refractivity contribution is 6.41. The summed E-state index contributed by atoms with van der Waals surface area (Å²) >= 11 is 0. The van der Waals surface area contributed by atoms with Crippen LogP contribution < -0.4 is 0 Å². The van der Waals surface area contributed by atoms with Crippen LogP contribution in [0.5, 0.6) is 0 Å². The molecule has 0 N–H and O–H groups in total. The molecule has 0 radical (unpaired) electrons. The largest absolute Gasteiger partial charge is 0.309 e. The van der Waals surface area contributed by atoms with E-state index in [1.807, 2.05) is 0 Å². The van der Waals surface area contributed by atoms with Crippen molar-refractivity contribution in [2.24, 2.45) is 0 Å². The molecular formula is C48H28N2. The molecule has 0 aliphatic rings. The van der Waals surface area contributed by atoms with Crippen LogP contribution in [0, 0.1) is 0 Å². The van der Waals surface area contributed by atoms with Gasteiger partial charge in [0.1, 0.15) is 0 Å². The number of nitrogens with zero attached hydrogens (tertiary/aromatic N) is 2. The molecule has 0 atom stereocenters. The number of fused-ring (bicyclic) bond motifs is 11. The molecule has 0 spiro atoms. The van der Waals surface area contributed by atoms with Crippen molar-refractivity contribution >= 4 is 97.5 Å². The maximum Gasteiger partial charge on any atom is 0.0553 e. The Morgan fingerprint density at radius 2 is 0.720 bits per heavy atom. The van der Waals surface area contributed by atoms with Gasteiger partial charge < -0.3 is 9.13 Å². The number of hydrogen-bond acceptors (Lipinski definition) is 0. The smallest absolute Gasteiger partial charge is 0.0553 e. The van der Waals surface area contributed by atoms with E-state index in [-0.39, 0.29) is 0 Å². The van der Waals surface area contributed by atoms with Crippen molar-refractivity contribution in [2.45, 2.75) is 0 Å². The van der Waals surface area contributed by atoms with Gasteiger partial charge in [0.2, 0.25) is 0 Å². The lowest BCUT2D eigenvalue weighted by atomic mass is 9.87. The maximum absolute atomic E-state index is 2.49. The van der Waals surface area contributed by atoms with Gasteiger partial charge in [0.05, 0.1) is 22.1 Å². The van der Waals surface area contributed by atoms with Crippen molar-refractivity contribution in [3.8, 4) is 11.4 Å². The van der Waals surface area contributed by atoms with Gasteiger partial charge in [-0.05, 0) is 102 Å². The van der Waals surface area contributed by atoms with Crippen LogP contribution in [0.4, 0.5) is 0 Å². The van der Waals surface area contributed by atoms with Gasteiger partial charge in [-0.1, -0.05) is 121 Å². The molecule has 2 heterocycles. The van der Waals surface area contributed by atoms with Crippen molar-refractivity contribution in [1.82, 2.24) is 9.13 Å². The van der Waals surface area contributed by atoms with Gasteiger partial charge in [0, 0.05) is 32.9 Å². The summed E-state index contributed by atoms with van der Waals surface area (Å²) in [6, 6.07) is 62.9. The zero-order valence-corrected chi connectivity index (χ0v) is 27.1. The van der Waals surface area contributed by atoms with Crippen LogP contribution in [0.1, 0.15) is 0 Å². The standard InChI is InChI=1S/C48H28N2/c1-2-14-31(15-3-1)49-41-22-8-6-16-35(41)47-37-20-10-18-33-34-19-11-21-38-46(34)40(39(45(33)37)27-43(47)49)28-44-48(38)36-17-7-9-23-42(36)50(44)32-25-24-29-12-4-5-13-30(29)26-32/h1-28H. The maximum atomic E-state index is 2.49. The van der Waals surface area contributed by atoms with Gasteiger partial charge >= 0.3 is 0 Å². The van der Waals surface area contributed by atoms with Gasteiger partial charge in [-0.25, -0.2) is 0 Å². The molecule has 0 saturated carbocycles. The lowest BCUT2D eigenvalue weighted by Crippen LogP contribution is -1.95. The Bertz CT molecular complexity index is 3360. The van der Waals surface area contributed by atoms with E-state index < -0.39 is 0 Å². The third-order valence-electron chi connectivity index (χ3n) is 11.2. The molecule has 0 aliphatic heterocycles. The molecule has 0 unspecified atom stereocenters. The van der Waals surface area contributed by atoms with E-state index in [1.54, 1.807) is 0 Å². The first kappa shape index (κ1) is 26.3. The van der Waals surface area contributed by atoms with Crippen LogP contribution in [0.2, 0.25) is 0 Å². The fourth-order valence-corrected chi connectivity index (χ4v) is 9.20. The molecule has 230 valence electrons. The third kappa shape index (κ3) is 3.28. The summed E-state index contributed by atoms with van der Waals surface area (Å²) in [6.07, 6.45) is 0. The summed E-state index contributed by atoms with van der Waals surface area (Å²) in [4.78, 5) is 0. The second-order valence-electron chi connectivity index (χ2n) is 13.7. The third-order valence-corrected chi connectivity index (χ3v) is 11.2. The Morgan fingerprint density at radius 1 is 0.240 bits per heavy atom. The Balaban J connectivity index is 1.33. The topological polar surface area (TPSA) is 9.86 Å². The van der Waals surface area contributed by atoms with E-state index in [1.165, 1.54) is 109 Å². The summed E-state index contributed by atoms with van der Waals surface area (Å²) in [7, 11) is 0. The molecule has 0 bridgehead atoms. The Kier molecular flexibility index (Phi) is 5.00. The molecule has 0 saturated heterocycles. The fraction of sp³-hybridized carbons (Fsp3) is 0. The highest BCUT2D eigenvalue weighted by atomic mass is 15.0. The molecule has 12 rings (SSSR count). The highest BCUT2D eigenvalue weighted by Gasteiger charge is 2.23. The van der Waals surface area contributed by atoms with Crippen LogP contribution in [-0.4, -0.2) is 9.13 Å². The summed E-state index contributed by atoms with van der Waals surface area (Å²) in [5.74, 6) is 0. The van der Waals surface area contributed by atoms with Crippen LogP contribution in [0.15, 0.2) is 170 Å². The van der Waals surface area contributed by atoms with Gasteiger partial charge in [0.15, 0.2) is 0 Å². The number of para-hydroxylation sites is 3.